The van der Waals surface area contributed by atoms with E-state index in [1.807, 2.05) is 14.1 Å². The molecule has 1 saturated heterocycles. The molecule has 1 unspecified atom stereocenters. The van der Waals surface area contributed by atoms with Crippen LogP contribution in [0.1, 0.15) is 16.8 Å². The first kappa shape index (κ1) is 19.7. The predicted octanol–water partition coefficient (Wildman–Crippen LogP) is 0.814. The molecule has 8 heteroatoms. The summed E-state index contributed by atoms with van der Waals surface area (Å²) in [6.45, 7) is 2.44. The SMILES string of the molecule is CN(C)CCN(CCOc1ccccc1C(=O)O)C1CCS(=O)(=O)C1. The van der Waals surface area contributed by atoms with Crippen LogP contribution >= 0.6 is 0 Å². The highest BCUT2D eigenvalue weighted by Gasteiger charge is 2.32. The Balaban J connectivity index is 1.96. The van der Waals surface area contributed by atoms with E-state index in [4.69, 9.17) is 4.74 Å². The molecule has 2 rings (SSSR count). The van der Waals surface area contributed by atoms with Gasteiger partial charge in [0, 0.05) is 25.7 Å². The van der Waals surface area contributed by atoms with E-state index < -0.39 is 15.8 Å². The number of carboxylic acids is 1. The molecule has 1 heterocycles. The van der Waals surface area contributed by atoms with Crippen LogP contribution in [0.4, 0.5) is 0 Å². The summed E-state index contributed by atoms with van der Waals surface area (Å²) in [6, 6.07) is 6.53. The van der Waals surface area contributed by atoms with E-state index in [9.17, 15) is 18.3 Å². The zero-order chi connectivity index (χ0) is 18.4. The molecule has 1 aliphatic rings. The number of hydrogen-bond donors (Lipinski definition) is 1. The number of nitrogens with zero attached hydrogens (tertiary/aromatic N) is 2. The molecule has 1 N–H and O–H groups in total. The number of para-hydroxylation sites is 1. The topological polar surface area (TPSA) is 87.2 Å². The van der Waals surface area contributed by atoms with E-state index in [1.165, 1.54) is 6.07 Å². The van der Waals surface area contributed by atoms with Crippen LogP contribution in [-0.2, 0) is 9.84 Å². The van der Waals surface area contributed by atoms with Crippen LogP contribution in [0.15, 0.2) is 24.3 Å². The van der Waals surface area contributed by atoms with Gasteiger partial charge in [-0.25, -0.2) is 13.2 Å². The van der Waals surface area contributed by atoms with Gasteiger partial charge in [0.2, 0.25) is 0 Å². The Bertz CT molecular complexity index is 690. The first-order valence-electron chi connectivity index (χ1n) is 8.33. The third-order valence-corrected chi connectivity index (χ3v) is 6.06. The largest absolute Gasteiger partial charge is 0.491 e. The minimum absolute atomic E-state index is 0.00303. The van der Waals surface area contributed by atoms with Gasteiger partial charge in [0.25, 0.3) is 0 Å². The molecule has 1 aromatic carbocycles. The lowest BCUT2D eigenvalue weighted by atomic mass is 10.2. The lowest BCUT2D eigenvalue weighted by molar-refractivity contribution is 0.0691. The van der Waals surface area contributed by atoms with Crippen molar-refractivity contribution in [1.29, 1.82) is 0 Å². The van der Waals surface area contributed by atoms with Crippen molar-refractivity contribution >= 4 is 15.8 Å². The lowest BCUT2D eigenvalue weighted by Gasteiger charge is -2.29. The molecule has 0 aliphatic carbocycles. The number of hydrogen-bond acceptors (Lipinski definition) is 6. The van der Waals surface area contributed by atoms with Crippen molar-refractivity contribution in [2.75, 3.05) is 51.8 Å². The maximum Gasteiger partial charge on any atom is 0.339 e. The third-order valence-electron chi connectivity index (χ3n) is 4.31. The summed E-state index contributed by atoms with van der Waals surface area (Å²) in [5.74, 6) is -0.270. The van der Waals surface area contributed by atoms with Crippen molar-refractivity contribution in [3.63, 3.8) is 0 Å². The maximum absolute atomic E-state index is 11.8. The summed E-state index contributed by atoms with van der Waals surface area (Å²) in [6.07, 6.45) is 0.640. The Hall–Kier alpha value is -1.64. The zero-order valence-corrected chi connectivity index (χ0v) is 15.5. The molecule has 1 atom stereocenters. The van der Waals surface area contributed by atoms with Crippen LogP contribution in [-0.4, -0.2) is 87.2 Å². The van der Waals surface area contributed by atoms with Gasteiger partial charge in [0.05, 0.1) is 11.5 Å². The Morgan fingerprint density at radius 2 is 1.96 bits per heavy atom. The number of likely N-dealkylation sites (N-methyl/N-ethyl adjacent to an activating group) is 1. The van der Waals surface area contributed by atoms with Gasteiger partial charge in [-0.1, -0.05) is 12.1 Å². The van der Waals surface area contributed by atoms with Crippen LogP contribution in [0.25, 0.3) is 0 Å². The molecule has 0 amide bonds. The van der Waals surface area contributed by atoms with Gasteiger partial charge in [-0.2, -0.15) is 0 Å². The second-order valence-corrected chi connectivity index (χ2v) is 8.77. The molecule has 25 heavy (non-hydrogen) atoms. The molecule has 0 saturated carbocycles. The average Bonchev–Trinajstić information content (AvgIpc) is 2.90. The summed E-state index contributed by atoms with van der Waals surface area (Å²) >= 11 is 0. The second-order valence-electron chi connectivity index (χ2n) is 6.55. The van der Waals surface area contributed by atoms with Crippen molar-refractivity contribution in [3.05, 3.63) is 29.8 Å². The first-order valence-corrected chi connectivity index (χ1v) is 10.1. The molecule has 7 nitrogen and oxygen atoms in total. The van der Waals surface area contributed by atoms with Gasteiger partial charge in [0.1, 0.15) is 17.9 Å². The van der Waals surface area contributed by atoms with E-state index >= 15 is 0 Å². The normalized spacial score (nSPS) is 19.4. The minimum Gasteiger partial charge on any atom is -0.491 e. The number of sulfone groups is 1. The molecule has 1 aromatic rings. The zero-order valence-electron chi connectivity index (χ0n) is 14.7. The molecule has 0 radical (unpaired) electrons. The van der Waals surface area contributed by atoms with Crippen molar-refractivity contribution in [2.24, 2.45) is 0 Å². The molecule has 1 fully saturated rings. The molecule has 0 bridgehead atoms. The Labute approximate surface area is 149 Å². The van der Waals surface area contributed by atoms with Crippen LogP contribution in [0.2, 0.25) is 0 Å². The number of benzene rings is 1. The molecular formula is C17H26N2O5S. The average molecular weight is 370 g/mol. The molecular weight excluding hydrogens is 344 g/mol. The molecule has 140 valence electrons. The number of carboxylic acid groups (broad SMARTS) is 1. The lowest BCUT2D eigenvalue weighted by Crippen LogP contribution is -2.42. The first-order chi connectivity index (χ1) is 11.8. The quantitative estimate of drug-likeness (QED) is 0.688. The van der Waals surface area contributed by atoms with Crippen LogP contribution in [0.5, 0.6) is 5.75 Å². The van der Waals surface area contributed by atoms with Gasteiger partial charge < -0.3 is 14.7 Å². The van der Waals surface area contributed by atoms with Crippen molar-refractivity contribution in [2.45, 2.75) is 12.5 Å². The monoisotopic (exact) mass is 370 g/mol. The molecule has 0 aromatic heterocycles. The van der Waals surface area contributed by atoms with Gasteiger partial charge in [-0.15, -0.1) is 0 Å². The Kier molecular flexibility index (Phi) is 6.80. The predicted molar refractivity (Wildman–Crippen MR) is 96.1 cm³/mol. The van der Waals surface area contributed by atoms with Crippen LogP contribution < -0.4 is 4.74 Å². The van der Waals surface area contributed by atoms with Gasteiger partial charge in [0.15, 0.2) is 9.84 Å². The summed E-state index contributed by atoms with van der Waals surface area (Å²) in [7, 11) is 1.00. The Morgan fingerprint density at radius 3 is 2.56 bits per heavy atom. The van der Waals surface area contributed by atoms with Gasteiger partial charge in [-0.05, 0) is 32.6 Å². The van der Waals surface area contributed by atoms with E-state index in [0.29, 0.717) is 25.3 Å². The highest BCUT2D eigenvalue weighted by molar-refractivity contribution is 7.91. The fourth-order valence-corrected chi connectivity index (χ4v) is 4.67. The maximum atomic E-state index is 11.8. The van der Waals surface area contributed by atoms with Gasteiger partial charge >= 0.3 is 5.97 Å². The van der Waals surface area contributed by atoms with Gasteiger partial charge in [-0.3, -0.25) is 4.90 Å². The van der Waals surface area contributed by atoms with E-state index in [2.05, 4.69) is 9.80 Å². The fourth-order valence-electron chi connectivity index (χ4n) is 2.91. The Morgan fingerprint density at radius 1 is 1.24 bits per heavy atom. The summed E-state index contributed by atoms with van der Waals surface area (Å²) in [5.41, 5.74) is 0.130. The highest BCUT2D eigenvalue weighted by Crippen LogP contribution is 2.20. The van der Waals surface area contributed by atoms with E-state index in [-0.39, 0.29) is 23.1 Å². The third kappa shape index (κ3) is 5.98. The van der Waals surface area contributed by atoms with Crippen molar-refractivity contribution in [3.8, 4) is 5.75 Å². The summed E-state index contributed by atoms with van der Waals surface area (Å²) in [5, 5.41) is 9.19. The molecule has 0 spiro atoms. The van der Waals surface area contributed by atoms with E-state index in [1.54, 1.807) is 18.2 Å². The van der Waals surface area contributed by atoms with E-state index in [0.717, 1.165) is 13.1 Å². The van der Waals surface area contributed by atoms with Crippen molar-refractivity contribution < 1.29 is 23.1 Å². The van der Waals surface area contributed by atoms with Crippen molar-refractivity contribution in [1.82, 2.24) is 9.80 Å². The second kappa shape index (κ2) is 8.64. The number of rotatable bonds is 9. The van der Waals surface area contributed by atoms with Crippen LogP contribution in [0.3, 0.4) is 0 Å². The number of ether oxygens (including phenoxy) is 1. The minimum atomic E-state index is -2.95. The smallest absolute Gasteiger partial charge is 0.339 e. The molecule has 1 aliphatic heterocycles. The number of aromatic carboxylic acids is 1. The standard InChI is InChI=1S/C17H26N2O5S/c1-18(2)8-9-19(14-7-12-25(22,23)13-14)10-11-24-16-6-4-3-5-15(16)17(20)21/h3-6,14H,7-13H2,1-2H3,(H,20,21). The highest BCUT2D eigenvalue weighted by atomic mass is 32.2. The fraction of sp³-hybridized carbons (Fsp3) is 0.588. The summed E-state index contributed by atoms with van der Waals surface area (Å²) in [4.78, 5) is 15.4. The van der Waals surface area contributed by atoms with Crippen LogP contribution in [0, 0.1) is 0 Å². The summed E-state index contributed by atoms with van der Waals surface area (Å²) < 4.78 is 29.2. The number of carbonyl (C=O) groups is 1.